The molecule has 0 N–H and O–H groups in total. The van der Waals surface area contributed by atoms with E-state index in [4.69, 9.17) is 15.0 Å². The van der Waals surface area contributed by atoms with Crippen LogP contribution in [0.25, 0.3) is 78.7 Å². The lowest BCUT2D eigenvalue weighted by Gasteiger charge is -2.32. The van der Waals surface area contributed by atoms with Gasteiger partial charge in [-0.25, -0.2) is 15.0 Å². The van der Waals surface area contributed by atoms with Crippen molar-refractivity contribution in [2.75, 3.05) is 0 Å². The van der Waals surface area contributed by atoms with Crippen molar-refractivity contribution in [1.29, 1.82) is 0 Å². The van der Waals surface area contributed by atoms with Crippen molar-refractivity contribution in [1.82, 2.24) is 15.0 Å². The van der Waals surface area contributed by atoms with Gasteiger partial charge in [-0.05, 0) is 44.1 Å². The maximum absolute atomic E-state index is 5.43. The lowest BCUT2D eigenvalue weighted by molar-refractivity contribution is 1.08. The van der Waals surface area contributed by atoms with Crippen molar-refractivity contribution in [3.05, 3.63) is 182 Å². The molecule has 250 valence electrons. The highest BCUT2D eigenvalue weighted by Gasteiger charge is 2.35. The molecule has 0 saturated heterocycles. The quantitative estimate of drug-likeness (QED) is 0.149. The molecule has 0 saturated carbocycles. The second kappa shape index (κ2) is 14.2. The molecule has 0 bridgehead atoms. The van der Waals surface area contributed by atoms with Crippen LogP contribution in [-0.2, 0) is 0 Å². The van der Waals surface area contributed by atoms with Gasteiger partial charge in [0.05, 0.1) is 8.07 Å². The fraction of sp³-hybridized carbons (Fsp3) is 0.0625. The topological polar surface area (TPSA) is 38.7 Å². The summed E-state index contributed by atoms with van der Waals surface area (Å²) in [5.74, 6) is 1.98. The molecule has 0 aliphatic rings. The Bertz CT molecular complexity index is 2390. The summed E-state index contributed by atoms with van der Waals surface area (Å²) in [4.78, 5) is 16.0. The van der Waals surface area contributed by atoms with Crippen LogP contribution in [0.4, 0.5) is 0 Å². The van der Waals surface area contributed by atoms with E-state index < -0.39 is 8.07 Å². The number of hydrogen-bond acceptors (Lipinski definition) is 3. The molecule has 4 heteroatoms. The molecule has 0 aliphatic carbocycles. The highest BCUT2D eigenvalue weighted by molar-refractivity contribution is 6.91. The molecule has 3 nitrogen and oxygen atoms in total. The van der Waals surface area contributed by atoms with Gasteiger partial charge in [-0.2, -0.15) is 0 Å². The van der Waals surface area contributed by atoms with E-state index in [2.05, 4.69) is 165 Å². The zero-order valence-electron chi connectivity index (χ0n) is 29.7. The van der Waals surface area contributed by atoms with Crippen LogP contribution >= 0.6 is 0 Å². The molecule has 0 radical (unpaired) electrons. The van der Waals surface area contributed by atoms with Crippen LogP contribution in [0.5, 0.6) is 0 Å². The maximum atomic E-state index is 5.43. The third-order valence-electron chi connectivity index (χ3n) is 9.42. The summed E-state index contributed by atoms with van der Waals surface area (Å²) in [5, 5.41) is 1.32. The lowest BCUT2D eigenvalue weighted by atomic mass is 9.80. The zero-order chi connectivity index (χ0) is 35.5. The zero-order valence-corrected chi connectivity index (χ0v) is 30.7. The number of nitrogens with zero attached hydrogens (tertiary/aromatic N) is 3. The summed E-state index contributed by atoms with van der Waals surface area (Å²) in [6.45, 7) is 7.34. The smallest absolute Gasteiger partial charge is 0.164 e. The van der Waals surface area contributed by atoms with Crippen LogP contribution in [0.1, 0.15) is 0 Å². The Hall–Kier alpha value is -6.23. The first kappa shape index (κ1) is 32.9. The second-order valence-corrected chi connectivity index (χ2v) is 19.0. The molecule has 1 aromatic heterocycles. The van der Waals surface area contributed by atoms with E-state index in [0.717, 1.165) is 38.9 Å². The van der Waals surface area contributed by atoms with E-state index in [-0.39, 0.29) is 0 Å². The van der Waals surface area contributed by atoms with Crippen LogP contribution in [0.15, 0.2) is 182 Å². The van der Waals surface area contributed by atoms with E-state index in [0.29, 0.717) is 17.5 Å². The molecule has 0 spiro atoms. The van der Waals surface area contributed by atoms with E-state index in [9.17, 15) is 0 Å². The van der Waals surface area contributed by atoms with Gasteiger partial charge in [0.2, 0.25) is 0 Å². The minimum Gasteiger partial charge on any atom is -0.208 e. The van der Waals surface area contributed by atoms with E-state index in [1.807, 2.05) is 36.4 Å². The molecule has 0 amide bonds. The molecule has 52 heavy (non-hydrogen) atoms. The Morgan fingerprint density at radius 1 is 0.269 bits per heavy atom. The molecule has 8 aromatic rings. The van der Waals surface area contributed by atoms with Crippen LogP contribution in [0.3, 0.4) is 0 Å². The largest absolute Gasteiger partial charge is 0.208 e. The van der Waals surface area contributed by atoms with E-state index >= 15 is 0 Å². The van der Waals surface area contributed by atoms with Crippen LogP contribution < -0.4 is 5.19 Å². The summed E-state index contributed by atoms with van der Waals surface area (Å²) < 4.78 is 0. The first-order valence-electron chi connectivity index (χ1n) is 17.8. The predicted octanol–water partition coefficient (Wildman–Crippen LogP) is 12.1. The van der Waals surface area contributed by atoms with Gasteiger partial charge in [-0.15, -0.1) is 0 Å². The van der Waals surface area contributed by atoms with Crippen molar-refractivity contribution >= 4 is 13.3 Å². The van der Waals surface area contributed by atoms with Crippen LogP contribution in [0, 0.1) is 0 Å². The van der Waals surface area contributed by atoms with Crippen molar-refractivity contribution < 1.29 is 0 Å². The fourth-order valence-electron chi connectivity index (χ4n) is 7.22. The van der Waals surface area contributed by atoms with Gasteiger partial charge in [0.25, 0.3) is 0 Å². The summed E-state index contributed by atoms with van der Waals surface area (Å²) in [6.07, 6.45) is 0. The van der Waals surface area contributed by atoms with Gasteiger partial charge in [0, 0.05) is 22.3 Å². The van der Waals surface area contributed by atoms with Gasteiger partial charge < -0.3 is 0 Å². The number of aromatic nitrogens is 3. The minimum atomic E-state index is -2.23. The summed E-state index contributed by atoms with van der Waals surface area (Å²) in [7, 11) is -2.23. The molecular weight excluding hydrogens is 647 g/mol. The first-order chi connectivity index (χ1) is 25.5. The predicted molar refractivity (Wildman–Crippen MR) is 221 cm³/mol. The number of benzene rings is 7. The average molecular weight is 686 g/mol. The lowest BCUT2D eigenvalue weighted by Crippen LogP contribution is -2.41. The first-order valence-corrected chi connectivity index (χ1v) is 21.3. The molecule has 8 rings (SSSR count). The monoisotopic (exact) mass is 685 g/mol. The molecule has 0 fully saturated rings. The molecular formula is C48H39N3Si. The Balaban J connectivity index is 1.65. The van der Waals surface area contributed by atoms with E-state index in [1.54, 1.807) is 0 Å². The van der Waals surface area contributed by atoms with Gasteiger partial charge in [-0.3, -0.25) is 0 Å². The molecule has 1 heterocycles. The second-order valence-electron chi connectivity index (χ2n) is 14.0. The standard InChI is InChI=1S/C48H39N3Si/c1-52(2,3)45-43(37-28-16-7-17-29-37)41(35-24-12-5-13-25-35)40(34-22-10-4-11-23-34)42(36-26-14-6-15-27-36)44(45)48-50-46(38-30-18-8-19-31-38)49-47(51-48)39-32-20-9-21-33-39/h4-33H,1-3H3. The number of rotatable bonds is 8. The third kappa shape index (κ3) is 6.41. The molecule has 7 aromatic carbocycles. The van der Waals surface area contributed by atoms with Gasteiger partial charge in [0.1, 0.15) is 0 Å². The van der Waals surface area contributed by atoms with Crippen LogP contribution in [0.2, 0.25) is 19.6 Å². The summed E-state index contributed by atoms with van der Waals surface area (Å²) in [6, 6.07) is 64.0. The summed E-state index contributed by atoms with van der Waals surface area (Å²) in [5.41, 5.74) is 12.3. The Morgan fingerprint density at radius 2 is 0.519 bits per heavy atom. The Kier molecular flexibility index (Phi) is 8.98. The van der Waals surface area contributed by atoms with Crippen molar-refractivity contribution in [2.45, 2.75) is 19.6 Å². The molecule has 0 atom stereocenters. The molecule has 0 aliphatic heterocycles. The van der Waals surface area contributed by atoms with Crippen molar-refractivity contribution in [3.63, 3.8) is 0 Å². The van der Waals surface area contributed by atoms with Crippen molar-refractivity contribution in [3.8, 4) is 78.7 Å². The van der Waals surface area contributed by atoms with Crippen molar-refractivity contribution in [2.24, 2.45) is 0 Å². The Morgan fingerprint density at radius 3 is 0.846 bits per heavy atom. The normalized spacial score (nSPS) is 11.4. The van der Waals surface area contributed by atoms with Gasteiger partial charge in [-0.1, -0.05) is 202 Å². The average Bonchev–Trinajstić information content (AvgIpc) is 3.21. The molecule has 0 unspecified atom stereocenters. The fourth-order valence-corrected chi connectivity index (χ4v) is 9.22. The Labute approximate surface area is 307 Å². The highest BCUT2D eigenvalue weighted by Crippen LogP contribution is 2.50. The third-order valence-corrected chi connectivity index (χ3v) is 11.4. The van der Waals surface area contributed by atoms with Gasteiger partial charge >= 0.3 is 0 Å². The summed E-state index contributed by atoms with van der Waals surface area (Å²) >= 11 is 0. The van der Waals surface area contributed by atoms with E-state index in [1.165, 1.54) is 27.4 Å². The highest BCUT2D eigenvalue weighted by atomic mass is 28.3. The minimum absolute atomic E-state index is 0.652. The number of hydrogen-bond donors (Lipinski definition) is 0. The van der Waals surface area contributed by atoms with Crippen LogP contribution in [-0.4, -0.2) is 23.0 Å². The van der Waals surface area contributed by atoms with Gasteiger partial charge in [0.15, 0.2) is 17.5 Å². The SMILES string of the molecule is C[Si](C)(C)c1c(-c2ccccc2)c(-c2ccccc2)c(-c2ccccc2)c(-c2ccccc2)c1-c1nc(-c2ccccc2)nc(-c2ccccc2)n1. The maximum Gasteiger partial charge on any atom is 0.164 e.